The maximum absolute atomic E-state index is 12.1. The largest absolute Gasteiger partial charge is 0.351 e. The Morgan fingerprint density at radius 2 is 2.15 bits per heavy atom. The van der Waals surface area contributed by atoms with Gasteiger partial charge in [0.1, 0.15) is 11.6 Å². The number of benzene rings is 1. The molecule has 0 saturated carbocycles. The lowest BCUT2D eigenvalue weighted by molar-refractivity contribution is -0.112. The van der Waals surface area contributed by atoms with Crippen LogP contribution in [0.3, 0.4) is 0 Å². The third-order valence-electron chi connectivity index (χ3n) is 2.92. The van der Waals surface area contributed by atoms with E-state index in [2.05, 4.69) is 5.32 Å². The van der Waals surface area contributed by atoms with Crippen molar-refractivity contribution in [2.45, 2.75) is 6.92 Å². The number of aryl methyl sites for hydroxylation is 2. The second kappa shape index (κ2) is 5.89. The number of nitriles is 1. The number of aromatic nitrogens is 1. The van der Waals surface area contributed by atoms with Crippen molar-refractivity contribution >= 4 is 17.7 Å². The van der Waals surface area contributed by atoms with Crippen LogP contribution in [0.15, 0.2) is 48.2 Å². The quantitative estimate of drug-likeness (QED) is 0.685. The molecule has 0 radical (unpaired) electrons. The van der Waals surface area contributed by atoms with Crippen molar-refractivity contribution < 1.29 is 4.79 Å². The van der Waals surface area contributed by atoms with Gasteiger partial charge in [-0.3, -0.25) is 4.79 Å². The van der Waals surface area contributed by atoms with E-state index in [1.54, 1.807) is 12.1 Å². The standard InChI is InChI=1S/C16H15N3O/c1-12-5-3-6-14(9-12)18-16(20)13(11-17)10-15-7-4-8-19(15)2/h3-10H,1-2H3,(H,18,20)/b13-10+. The van der Waals surface area contributed by atoms with Gasteiger partial charge in [-0.2, -0.15) is 5.26 Å². The van der Waals surface area contributed by atoms with Crippen LogP contribution >= 0.6 is 0 Å². The highest BCUT2D eigenvalue weighted by molar-refractivity contribution is 6.09. The molecule has 0 atom stereocenters. The maximum atomic E-state index is 12.1. The molecule has 1 N–H and O–H groups in total. The van der Waals surface area contributed by atoms with Crippen molar-refractivity contribution in [2.24, 2.45) is 7.05 Å². The summed E-state index contributed by atoms with van der Waals surface area (Å²) in [5.74, 6) is -0.403. The van der Waals surface area contributed by atoms with Gasteiger partial charge in [-0.15, -0.1) is 0 Å². The number of amides is 1. The van der Waals surface area contributed by atoms with Gasteiger partial charge in [-0.25, -0.2) is 0 Å². The van der Waals surface area contributed by atoms with E-state index in [4.69, 9.17) is 5.26 Å². The summed E-state index contributed by atoms with van der Waals surface area (Å²) in [7, 11) is 1.86. The Hall–Kier alpha value is -2.80. The number of carbonyl (C=O) groups excluding carboxylic acids is 1. The number of nitrogens with one attached hydrogen (secondary N) is 1. The molecule has 1 amide bonds. The Morgan fingerprint density at radius 3 is 2.75 bits per heavy atom. The third kappa shape index (κ3) is 3.15. The molecular weight excluding hydrogens is 250 g/mol. The van der Waals surface area contributed by atoms with Crippen LogP contribution in [0.1, 0.15) is 11.3 Å². The zero-order chi connectivity index (χ0) is 14.5. The lowest BCUT2D eigenvalue weighted by atomic mass is 10.2. The van der Waals surface area contributed by atoms with Crippen LogP contribution < -0.4 is 5.32 Å². The monoisotopic (exact) mass is 265 g/mol. The molecule has 0 aliphatic carbocycles. The Morgan fingerprint density at radius 1 is 1.35 bits per heavy atom. The first-order valence-corrected chi connectivity index (χ1v) is 6.21. The van der Waals surface area contributed by atoms with Crippen LogP contribution in [0.25, 0.3) is 6.08 Å². The van der Waals surface area contributed by atoms with E-state index in [1.165, 1.54) is 0 Å². The number of carbonyl (C=O) groups is 1. The van der Waals surface area contributed by atoms with Crippen molar-refractivity contribution in [3.63, 3.8) is 0 Å². The Bertz CT molecular complexity index is 705. The van der Waals surface area contributed by atoms with E-state index in [-0.39, 0.29) is 5.57 Å². The fraction of sp³-hybridized carbons (Fsp3) is 0.125. The number of nitrogens with zero attached hydrogens (tertiary/aromatic N) is 2. The van der Waals surface area contributed by atoms with Gasteiger partial charge in [0.15, 0.2) is 0 Å². The highest BCUT2D eigenvalue weighted by Gasteiger charge is 2.10. The fourth-order valence-electron chi connectivity index (χ4n) is 1.84. The molecule has 1 heterocycles. The molecule has 0 aliphatic heterocycles. The molecule has 4 nitrogen and oxygen atoms in total. The molecule has 0 aliphatic rings. The fourth-order valence-corrected chi connectivity index (χ4v) is 1.84. The second-order valence-electron chi connectivity index (χ2n) is 4.54. The van der Waals surface area contributed by atoms with Crippen LogP contribution in [0, 0.1) is 18.3 Å². The topological polar surface area (TPSA) is 57.8 Å². The SMILES string of the molecule is Cc1cccc(NC(=O)/C(C#N)=C/c2cccn2C)c1. The predicted octanol–water partition coefficient (Wildman–Crippen LogP) is 2.88. The molecule has 0 bridgehead atoms. The molecule has 4 heteroatoms. The van der Waals surface area contributed by atoms with Crippen molar-refractivity contribution in [2.75, 3.05) is 5.32 Å². The van der Waals surface area contributed by atoms with E-state index in [1.807, 2.05) is 61.1 Å². The van der Waals surface area contributed by atoms with E-state index in [0.717, 1.165) is 11.3 Å². The van der Waals surface area contributed by atoms with Crippen LogP contribution in [-0.4, -0.2) is 10.5 Å². The van der Waals surface area contributed by atoms with Crippen molar-refractivity contribution in [3.8, 4) is 6.07 Å². The van der Waals surface area contributed by atoms with Crippen LogP contribution in [-0.2, 0) is 11.8 Å². The van der Waals surface area contributed by atoms with Gasteiger partial charge >= 0.3 is 0 Å². The molecular formula is C16H15N3O. The minimum Gasteiger partial charge on any atom is -0.351 e. The molecule has 0 saturated heterocycles. The van der Waals surface area contributed by atoms with Crippen LogP contribution in [0.4, 0.5) is 5.69 Å². The highest BCUT2D eigenvalue weighted by Crippen LogP contribution is 2.12. The summed E-state index contributed by atoms with van der Waals surface area (Å²) >= 11 is 0. The van der Waals surface area contributed by atoms with Crippen molar-refractivity contribution in [1.29, 1.82) is 5.26 Å². The summed E-state index contributed by atoms with van der Waals surface area (Å²) in [6.07, 6.45) is 3.43. The van der Waals surface area contributed by atoms with Gasteiger partial charge in [0.2, 0.25) is 0 Å². The summed E-state index contributed by atoms with van der Waals surface area (Å²) in [5.41, 5.74) is 2.62. The normalized spacial score (nSPS) is 10.9. The van der Waals surface area contributed by atoms with E-state index >= 15 is 0 Å². The van der Waals surface area contributed by atoms with E-state index in [9.17, 15) is 4.79 Å². The number of rotatable bonds is 3. The first-order chi connectivity index (χ1) is 9.60. The number of hydrogen-bond donors (Lipinski definition) is 1. The molecule has 1 aromatic carbocycles. The summed E-state index contributed by atoms with van der Waals surface area (Å²) < 4.78 is 1.84. The van der Waals surface area contributed by atoms with Crippen LogP contribution in [0.5, 0.6) is 0 Å². The van der Waals surface area contributed by atoms with Gasteiger partial charge in [0, 0.05) is 24.6 Å². The molecule has 0 fully saturated rings. The molecule has 20 heavy (non-hydrogen) atoms. The lowest BCUT2D eigenvalue weighted by Crippen LogP contribution is -2.13. The second-order valence-corrected chi connectivity index (χ2v) is 4.54. The Balaban J connectivity index is 2.21. The average Bonchev–Trinajstić information content (AvgIpc) is 2.81. The maximum Gasteiger partial charge on any atom is 0.266 e. The third-order valence-corrected chi connectivity index (χ3v) is 2.92. The summed E-state index contributed by atoms with van der Waals surface area (Å²) in [6, 6.07) is 13.1. The number of anilines is 1. The molecule has 100 valence electrons. The highest BCUT2D eigenvalue weighted by atomic mass is 16.1. The van der Waals surface area contributed by atoms with Crippen molar-refractivity contribution in [3.05, 3.63) is 59.4 Å². The van der Waals surface area contributed by atoms with Crippen LogP contribution in [0.2, 0.25) is 0 Å². The predicted molar refractivity (Wildman–Crippen MR) is 78.8 cm³/mol. The minimum atomic E-state index is -0.403. The van der Waals surface area contributed by atoms with Gasteiger partial charge in [-0.1, -0.05) is 12.1 Å². The Labute approximate surface area is 118 Å². The van der Waals surface area contributed by atoms with Crippen molar-refractivity contribution in [1.82, 2.24) is 4.57 Å². The number of hydrogen-bond acceptors (Lipinski definition) is 2. The summed E-state index contributed by atoms with van der Waals surface area (Å²) in [6.45, 7) is 1.95. The van der Waals surface area contributed by atoms with E-state index < -0.39 is 5.91 Å². The first-order valence-electron chi connectivity index (χ1n) is 6.21. The van der Waals surface area contributed by atoms with Gasteiger partial charge in [0.25, 0.3) is 5.91 Å². The lowest BCUT2D eigenvalue weighted by Gasteiger charge is -2.05. The summed E-state index contributed by atoms with van der Waals surface area (Å²) in [5, 5.41) is 11.9. The smallest absolute Gasteiger partial charge is 0.266 e. The minimum absolute atomic E-state index is 0.0771. The van der Waals surface area contributed by atoms with Gasteiger partial charge in [0.05, 0.1) is 0 Å². The molecule has 0 spiro atoms. The van der Waals surface area contributed by atoms with Gasteiger partial charge < -0.3 is 9.88 Å². The average molecular weight is 265 g/mol. The molecule has 2 aromatic rings. The first kappa shape index (κ1) is 13.6. The Kier molecular flexibility index (Phi) is 4.02. The van der Waals surface area contributed by atoms with E-state index in [0.29, 0.717) is 5.69 Å². The molecule has 2 rings (SSSR count). The molecule has 0 unspecified atom stereocenters. The van der Waals surface area contributed by atoms with Gasteiger partial charge in [-0.05, 0) is 42.8 Å². The molecule has 1 aromatic heterocycles. The zero-order valence-electron chi connectivity index (χ0n) is 11.4. The zero-order valence-corrected chi connectivity index (χ0v) is 11.4. The summed E-state index contributed by atoms with van der Waals surface area (Å²) in [4.78, 5) is 12.1.